The Bertz CT molecular complexity index is 1200. The van der Waals surface area contributed by atoms with Crippen LogP contribution in [0.5, 0.6) is 5.75 Å². The number of nitrogens with zero attached hydrogens (tertiary/aromatic N) is 1. The van der Waals surface area contributed by atoms with E-state index in [-0.39, 0.29) is 5.78 Å². The summed E-state index contributed by atoms with van der Waals surface area (Å²) < 4.78 is 8.02. The quantitative estimate of drug-likeness (QED) is 0.479. The molecule has 3 heteroatoms. The lowest BCUT2D eigenvalue weighted by Gasteiger charge is -2.17. The zero-order valence-corrected chi connectivity index (χ0v) is 14.9. The average Bonchev–Trinajstić information content (AvgIpc) is 2.95. The molecule has 0 amide bonds. The second-order valence-electron chi connectivity index (χ2n) is 6.97. The number of ether oxygens (including phenoxy) is 1. The second kappa shape index (κ2) is 5.46. The fourth-order valence-electron chi connectivity index (χ4n) is 4.17. The Labute approximate surface area is 151 Å². The highest BCUT2D eigenvalue weighted by molar-refractivity contribution is 6.22. The SMILES string of the molecule is Cc1ccc2c(C(=O)c3c(C)n4c5c(cccc35)OCC4)cccc2c1. The van der Waals surface area contributed by atoms with E-state index in [1.165, 1.54) is 5.56 Å². The van der Waals surface area contributed by atoms with Gasteiger partial charge in [-0.2, -0.15) is 0 Å². The molecule has 3 nitrogen and oxygen atoms in total. The van der Waals surface area contributed by atoms with Gasteiger partial charge < -0.3 is 9.30 Å². The molecule has 0 radical (unpaired) electrons. The van der Waals surface area contributed by atoms with Crippen LogP contribution >= 0.6 is 0 Å². The molecular weight excluding hydrogens is 322 g/mol. The zero-order valence-electron chi connectivity index (χ0n) is 14.9. The maximum Gasteiger partial charge on any atom is 0.196 e. The van der Waals surface area contributed by atoms with Crippen LogP contribution < -0.4 is 4.74 Å². The number of ketones is 1. The molecule has 1 aromatic heterocycles. The minimum absolute atomic E-state index is 0.0831. The Kier molecular flexibility index (Phi) is 3.20. The van der Waals surface area contributed by atoms with Gasteiger partial charge in [-0.3, -0.25) is 4.79 Å². The van der Waals surface area contributed by atoms with Crippen LogP contribution in [0.1, 0.15) is 27.2 Å². The second-order valence-corrected chi connectivity index (χ2v) is 6.97. The van der Waals surface area contributed by atoms with E-state index in [0.29, 0.717) is 6.61 Å². The van der Waals surface area contributed by atoms with Gasteiger partial charge in [-0.1, -0.05) is 54.1 Å². The van der Waals surface area contributed by atoms with Crippen molar-refractivity contribution < 1.29 is 9.53 Å². The topological polar surface area (TPSA) is 31.2 Å². The largest absolute Gasteiger partial charge is 0.490 e. The molecule has 0 spiro atoms. The van der Waals surface area contributed by atoms with Crippen molar-refractivity contribution in [2.45, 2.75) is 20.4 Å². The molecule has 0 atom stereocenters. The molecule has 5 rings (SSSR count). The minimum atomic E-state index is 0.0831. The molecule has 1 aliphatic heterocycles. The maximum absolute atomic E-state index is 13.6. The molecule has 4 aromatic rings. The van der Waals surface area contributed by atoms with Gasteiger partial charge in [0, 0.05) is 16.6 Å². The fourth-order valence-corrected chi connectivity index (χ4v) is 4.17. The molecule has 3 aromatic carbocycles. The highest BCUT2D eigenvalue weighted by atomic mass is 16.5. The third-order valence-corrected chi connectivity index (χ3v) is 5.38. The molecule has 0 unspecified atom stereocenters. The molecule has 0 fully saturated rings. The van der Waals surface area contributed by atoms with Crippen molar-refractivity contribution in [1.82, 2.24) is 4.57 Å². The number of aryl methyl sites for hydroxylation is 1. The van der Waals surface area contributed by atoms with E-state index in [1.807, 2.05) is 37.3 Å². The Balaban J connectivity index is 1.79. The highest BCUT2D eigenvalue weighted by Crippen LogP contribution is 2.36. The molecule has 1 aliphatic rings. The van der Waals surface area contributed by atoms with Gasteiger partial charge in [-0.15, -0.1) is 0 Å². The van der Waals surface area contributed by atoms with E-state index in [0.717, 1.165) is 50.8 Å². The van der Waals surface area contributed by atoms with E-state index in [2.05, 4.69) is 35.8 Å². The van der Waals surface area contributed by atoms with Crippen LogP contribution in [0.2, 0.25) is 0 Å². The highest BCUT2D eigenvalue weighted by Gasteiger charge is 2.25. The van der Waals surface area contributed by atoms with Crippen LogP contribution in [0, 0.1) is 13.8 Å². The van der Waals surface area contributed by atoms with Gasteiger partial charge in [0.2, 0.25) is 0 Å². The van der Waals surface area contributed by atoms with Crippen LogP contribution in [0.3, 0.4) is 0 Å². The maximum atomic E-state index is 13.6. The average molecular weight is 341 g/mol. The molecule has 0 saturated heterocycles. The van der Waals surface area contributed by atoms with Crippen molar-refractivity contribution in [3.8, 4) is 5.75 Å². The van der Waals surface area contributed by atoms with Crippen molar-refractivity contribution in [2.24, 2.45) is 0 Å². The summed E-state index contributed by atoms with van der Waals surface area (Å²) in [6, 6.07) is 18.2. The van der Waals surface area contributed by atoms with Crippen molar-refractivity contribution in [1.29, 1.82) is 0 Å². The van der Waals surface area contributed by atoms with E-state index in [4.69, 9.17) is 4.74 Å². The predicted octanol–water partition coefficient (Wildman–Crippen LogP) is 5.03. The van der Waals surface area contributed by atoms with Gasteiger partial charge in [-0.25, -0.2) is 0 Å². The lowest BCUT2D eigenvalue weighted by atomic mass is 9.95. The number of carbonyl (C=O) groups is 1. The summed E-state index contributed by atoms with van der Waals surface area (Å²) >= 11 is 0. The summed E-state index contributed by atoms with van der Waals surface area (Å²) in [6.45, 7) is 5.53. The molecule has 0 aliphatic carbocycles. The Morgan fingerprint density at radius 3 is 2.73 bits per heavy atom. The predicted molar refractivity (Wildman–Crippen MR) is 104 cm³/mol. The van der Waals surface area contributed by atoms with Gasteiger partial charge in [0.25, 0.3) is 0 Å². The minimum Gasteiger partial charge on any atom is -0.490 e. The lowest BCUT2D eigenvalue weighted by molar-refractivity contribution is 0.104. The summed E-state index contributed by atoms with van der Waals surface area (Å²) in [5.74, 6) is 0.948. The summed E-state index contributed by atoms with van der Waals surface area (Å²) in [6.07, 6.45) is 0. The molecule has 2 heterocycles. The number of rotatable bonds is 2. The third kappa shape index (κ3) is 2.03. The number of aromatic nitrogens is 1. The lowest BCUT2D eigenvalue weighted by Crippen LogP contribution is -2.15. The first kappa shape index (κ1) is 15.2. The standard InChI is InChI=1S/C23H19NO2/c1-14-9-10-17-16(13-14)5-3-6-18(17)23(25)21-15(2)24-11-12-26-20-8-4-7-19(21)22(20)24/h3-10,13H,11-12H2,1-2H3. The Hall–Kier alpha value is -3.07. The number of carbonyl (C=O) groups excluding carboxylic acids is 1. The normalized spacial score (nSPS) is 13.2. The Morgan fingerprint density at radius 2 is 1.85 bits per heavy atom. The summed E-state index contributed by atoms with van der Waals surface area (Å²) in [5, 5.41) is 3.09. The number of para-hydroxylation sites is 1. The summed E-state index contributed by atoms with van der Waals surface area (Å²) in [7, 11) is 0. The van der Waals surface area contributed by atoms with Gasteiger partial charge in [0.1, 0.15) is 12.4 Å². The zero-order chi connectivity index (χ0) is 17.8. The number of fused-ring (bicyclic) bond motifs is 1. The number of hydrogen-bond donors (Lipinski definition) is 0. The van der Waals surface area contributed by atoms with Crippen molar-refractivity contribution >= 4 is 27.5 Å². The van der Waals surface area contributed by atoms with E-state index in [1.54, 1.807) is 0 Å². The number of hydrogen-bond acceptors (Lipinski definition) is 2. The van der Waals surface area contributed by atoms with Crippen molar-refractivity contribution in [3.05, 3.63) is 77.0 Å². The molecular formula is C23H19NO2. The van der Waals surface area contributed by atoms with E-state index >= 15 is 0 Å². The molecule has 0 saturated carbocycles. The van der Waals surface area contributed by atoms with Crippen LogP contribution in [0.25, 0.3) is 21.7 Å². The van der Waals surface area contributed by atoms with Crippen LogP contribution in [0.4, 0.5) is 0 Å². The summed E-state index contributed by atoms with van der Waals surface area (Å²) in [4.78, 5) is 13.6. The van der Waals surface area contributed by atoms with Gasteiger partial charge in [0.05, 0.1) is 17.6 Å². The molecule has 26 heavy (non-hydrogen) atoms. The van der Waals surface area contributed by atoms with E-state index in [9.17, 15) is 4.79 Å². The van der Waals surface area contributed by atoms with Crippen molar-refractivity contribution in [3.63, 3.8) is 0 Å². The molecule has 0 bridgehead atoms. The monoisotopic (exact) mass is 341 g/mol. The van der Waals surface area contributed by atoms with Gasteiger partial charge in [-0.05, 0) is 30.7 Å². The van der Waals surface area contributed by atoms with Crippen LogP contribution in [-0.4, -0.2) is 17.0 Å². The first-order valence-electron chi connectivity index (χ1n) is 8.94. The van der Waals surface area contributed by atoms with Crippen LogP contribution in [0.15, 0.2) is 54.6 Å². The van der Waals surface area contributed by atoms with Gasteiger partial charge in [0.15, 0.2) is 5.78 Å². The van der Waals surface area contributed by atoms with Crippen LogP contribution in [-0.2, 0) is 6.54 Å². The fraction of sp³-hybridized carbons (Fsp3) is 0.174. The number of benzene rings is 3. The van der Waals surface area contributed by atoms with Crippen molar-refractivity contribution in [2.75, 3.05) is 6.61 Å². The molecule has 128 valence electrons. The first-order chi connectivity index (χ1) is 12.6. The first-order valence-corrected chi connectivity index (χ1v) is 8.94. The molecule has 0 N–H and O–H groups in total. The third-order valence-electron chi connectivity index (χ3n) is 5.38. The Morgan fingerprint density at radius 1 is 1.00 bits per heavy atom. The van der Waals surface area contributed by atoms with E-state index < -0.39 is 0 Å². The smallest absolute Gasteiger partial charge is 0.196 e. The van der Waals surface area contributed by atoms with Gasteiger partial charge >= 0.3 is 0 Å². The summed E-state index contributed by atoms with van der Waals surface area (Å²) in [5.41, 5.74) is 4.80.